The van der Waals surface area contributed by atoms with Gasteiger partial charge >= 0.3 is 0 Å². The van der Waals surface area contributed by atoms with E-state index in [2.05, 4.69) is 14.2 Å². The first kappa shape index (κ1) is 5.64. The number of aromatic nitrogens is 1. The summed E-state index contributed by atoms with van der Waals surface area (Å²) in [5, 5.41) is 3.39. The maximum atomic E-state index is 5.14. The molecule has 1 rings (SSSR count). The van der Waals surface area contributed by atoms with Crippen molar-refractivity contribution in [1.29, 1.82) is 0 Å². The van der Waals surface area contributed by atoms with Gasteiger partial charge in [-0.1, -0.05) is 0 Å². The summed E-state index contributed by atoms with van der Waals surface area (Å²) in [6.45, 7) is 0. The maximum absolute atomic E-state index is 5.14. The molecule has 5 heteroatoms. The number of rotatable bonds is 1. The summed E-state index contributed by atoms with van der Waals surface area (Å²) in [6.07, 6.45) is 0. The lowest BCUT2D eigenvalue weighted by Crippen LogP contribution is -1.93. The van der Waals surface area contributed by atoms with Crippen molar-refractivity contribution in [3.8, 4) is 5.88 Å². The van der Waals surface area contributed by atoms with E-state index in [1.807, 2.05) is 9.47 Å². The Morgan fingerprint density at radius 2 is 2.62 bits per heavy atom. The molecule has 1 heterocycles. The molecule has 1 unspecified atom stereocenters. The van der Waals surface area contributed by atoms with Crippen LogP contribution in [0.2, 0.25) is 0 Å². The second-order valence-electron chi connectivity index (χ2n) is 1.19. The molecule has 0 bridgehead atoms. The summed E-state index contributed by atoms with van der Waals surface area (Å²) in [5.74, 6) is 0.368. The zero-order chi connectivity index (χ0) is 5.98. The van der Waals surface area contributed by atoms with Crippen LogP contribution in [0.25, 0.3) is 0 Å². The largest absolute Gasteiger partial charge is 0.461 e. The Bertz CT molecular complexity index is 178. The molecule has 40 valence electrons. The molecule has 1 atom stereocenters. The van der Waals surface area contributed by atoms with Crippen molar-refractivity contribution in [3.63, 3.8) is 0 Å². The lowest BCUT2D eigenvalue weighted by Gasteiger charge is -1.82. The van der Waals surface area contributed by atoms with Crippen LogP contribution in [0.3, 0.4) is 0 Å². The van der Waals surface area contributed by atoms with Crippen molar-refractivity contribution >= 4 is 23.0 Å². The van der Waals surface area contributed by atoms with Gasteiger partial charge in [0.1, 0.15) is 0 Å². The quantitative estimate of drug-likeness (QED) is 0.381. The van der Waals surface area contributed by atoms with Gasteiger partial charge in [0.15, 0.2) is 7.85 Å². The van der Waals surface area contributed by atoms with Crippen molar-refractivity contribution in [2.75, 3.05) is 0 Å². The van der Waals surface area contributed by atoms with E-state index in [4.69, 9.17) is 7.85 Å². The van der Waals surface area contributed by atoms with E-state index in [0.717, 1.165) is 0 Å². The van der Waals surface area contributed by atoms with Gasteiger partial charge < -0.3 is 9.05 Å². The van der Waals surface area contributed by atoms with Crippen LogP contribution in [0.4, 0.5) is 0 Å². The highest BCUT2D eigenvalue weighted by Gasteiger charge is 1.94. The summed E-state index contributed by atoms with van der Waals surface area (Å²) in [6, 6.07) is 1.48. The summed E-state index contributed by atoms with van der Waals surface area (Å²) >= 11 is 0. The molecule has 0 saturated carbocycles. The number of hydrogen-bond acceptors (Lipinski definition) is 3. The topological polar surface area (TPSA) is 35.3 Å². The highest BCUT2D eigenvalue weighted by molar-refractivity contribution is 7.10. The predicted molar refractivity (Wildman–Crippen MR) is 32.2 cm³/mol. The standard InChI is InChI=1S/C3H3BNO2P/c4-2-1-3(7-8)5-6-2/h1H,8H2. The van der Waals surface area contributed by atoms with Crippen molar-refractivity contribution in [2.24, 2.45) is 0 Å². The van der Waals surface area contributed by atoms with Crippen LogP contribution in [-0.2, 0) is 0 Å². The minimum Gasteiger partial charge on any atom is -0.461 e. The fourth-order valence-corrected chi connectivity index (χ4v) is 0.439. The number of hydrogen-bond donors (Lipinski definition) is 0. The Hall–Kier alpha value is -0.495. The minimum absolute atomic E-state index is 0.252. The van der Waals surface area contributed by atoms with Gasteiger partial charge in [-0.3, -0.25) is 0 Å². The van der Waals surface area contributed by atoms with E-state index < -0.39 is 0 Å². The first-order valence-corrected chi connectivity index (χ1v) is 2.39. The maximum Gasteiger partial charge on any atom is 0.255 e. The second-order valence-corrected chi connectivity index (χ2v) is 1.42. The number of nitrogens with zero attached hydrogens (tertiary/aromatic N) is 1. The minimum atomic E-state index is 0.252. The molecule has 0 aliphatic rings. The second kappa shape index (κ2) is 2.18. The Morgan fingerprint density at radius 3 is 2.88 bits per heavy atom. The Labute approximate surface area is 50.1 Å². The average Bonchev–Trinajstić information content (AvgIpc) is 2.14. The van der Waals surface area contributed by atoms with Crippen molar-refractivity contribution in [1.82, 2.24) is 5.16 Å². The summed E-state index contributed by atoms with van der Waals surface area (Å²) in [7, 11) is 7.16. The van der Waals surface area contributed by atoms with Gasteiger partial charge in [0.25, 0.3) is 5.88 Å². The Morgan fingerprint density at radius 1 is 1.88 bits per heavy atom. The summed E-state index contributed by atoms with van der Waals surface area (Å²) in [4.78, 5) is 0. The average molecular weight is 127 g/mol. The van der Waals surface area contributed by atoms with Crippen molar-refractivity contribution in [3.05, 3.63) is 6.07 Å². The van der Waals surface area contributed by atoms with Gasteiger partial charge in [-0.05, 0) is 5.16 Å². The third-order valence-electron chi connectivity index (χ3n) is 0.628. The van der Waals surface area contributed by atoms with E-state index in [0.29, 0.717) is 5.88 Å². The fourth-order valence-electron chi connectivity index (χ4n) is 0.328. The Balaban J connectivity index is 2.84. The van der Waals surface area contributed by atoms with Gasteiger partial charge in [0, 0.05) is 6.07 Å². The summed E-state index contributed by atoms with van der Waals surface area (Å²) in [5.41, 5.74) is 0.252. The van der Waals surface area contributed by atoms with Crippen molar-refractivity contribution < 1.29 is 9.05 Å². The van der Waals surface area contributed by atoms with Gasteiger partial charge in [0.05, 0.1) is 15.1 Å². The fraction of sp³-hybridized carbons (Fsp3) is 0. The van der Waals surface area contributed by atoms with Crippen LogP contribution in [-0.4, -0.2) is 13.0 Å². The molecule has 0 spiro atoms. The molecule has 2 radical (unpaired) electrons. The monoisotopic (exact) mass is 127 g/mol. The van der Waals surface area contributed by atoms with Gasteiger partial charge in [-0.25, -0.2) is 0 Å². The van der Waals surface area contributed by atoms with E-state index in [1.54, 1.807) is 0 Å². The Kier molecular flexibility index (Phi) is 1.54. The molecular formula is C3H3BNO2P. The van der Waals surface area contributed by atoms with Crippen LogP contribution in [0.1, 0.15) is 0 Å². The van der Waals surface area contributed by atoms with Crippen LogP contribution < -0.4 is 10.2 Å². The molecule has 0 fully saturated rings. The van der Waals surface area contributed by atoms with Crippen LogP contribution in [0.15, 0.2) is 10.6 Å². The molecule has 0 aliphatic carbocycles. The first-order valence-electron chi connectivity index (χ1n) is 1.92. The van der Waals surface area contributed by atoms with E-state index in [-0.39, 0.29) is 5.66 Å². The van der Waals surface area contributed by atoms with Crippen LogP contribution in [0.5, 0.6) is 5.88 Å². The SMILES string of the molecule is [B]c1cc(OP)no1. The predicted octanol–water partition coefficient (Wildman–Crippen LogP) is -0.363. The smallest absolute Gasteiger partial charge is 0.255 e. The van der Waals surface area contributed by atoms with Crippen LogP contribution >= 0.6 is 9.47 Å². The molecule has 1 aromatic rings. The van der Waals surface area contributed by atoms with Crippen molar-refractivity contribution in [2.45, 2.75) is 0 Å². The van der Waals surface area contributed by atoms with Crippen LogP contribution in [0, 0.1) is 0 Å². The van der Waals surface area contributed by atoms with Gasteiger partial charge in [-0.15, -0.1) is 0 Å². The van der Waals surface area contributed by atoms with E-state index >= 15 is 0 Å². The molecule has 0 amide bonds. The molecule has 3 nitrogen and oxygen atoms in total. The highest BCUT2D eigenvalue weighted by atomic mass is 31.0. The lowest BCUT2D eigenvalue weighted by molar-refractivity contribution is 0.416. The summed E-state index contributed by atoms with van der Waals surface area (Å²) < 4.78 is 9.01. The van der Waals surface area contributed by atoms with E-state index in [9.17, 15) is 0 Å². The van der Waals surface area contributed by atoms with Gasteiger partial charge in [0.2, 0.25) is 0 Å². The normalized spacial score (nSPS) is 9.12. The first-order chi connectivity index (χ1) is 3.83. The zero-order valence-electron chi connectivity index (χ0n) is 4.00. The molecule has 1 aromatic heterocycles. The molecule has 0 saturated heterocycles. The highest BCUT2D eigenvalue weighted by Crippen LogP contribution is 2.04. The molecular weight excluding hydrogens is 124 g/mol. The lowest BCUT2D eigenvalue weighted by atomic mass is 10.1. The third kappa shape index (κ3) is 1.01. The third-order valence-corrected chi connectivity index (χ3v) is 0.869. The van der Waals surface area contributed by atoms with E-state index in [1.165, 1.54) is 6.07 Å². The molecule has 0 N–H and O–H groups in total. The molecule has 0 aliphatic heterocycles. The zero-order valence-corrected chi connectivity index (χ0v) is 5.15. The van der Waals surface area contributed by atoms with Gasteiger partial charge in [-0.2, -0.15) is 0 Å². The molecule has 8 heavy (non-hydrogen) atoms. The molecule has 0 aromatic carbocycles.